The molecule has 0 aromatic heterocycles. The van der Waals surface area contributed by atoms with Gasteiger partial charge in [-0.25, -0.2) is 8.78 Å². The van der Waals surface area contributed by atoms with Crippen molar-refractivity contribution < 1.29 is 28.2 Å². The number of rotatable bonds is 15. The molecule has 1 aromatic rings. The first kappa shape index (κ1) is 27.2. The number of carbonyl (C=O) groups excluding carboxylic acids is 1. The zero-order valence-electron chi connectivity index (χ0n) is 20.3. The van der Waals surface area contributed by atoms with Crippen molar-refractivity contribution in [3.05, 3.63) is 34.9 Å². The number of hydrogen-bond donors (Lipinski definition) is 1. The molecule has 0 aliphatic heterocycles. The molecule has 0 unspecified atom stereocenters. The molecule has 7 heteroatoms. The van der Waals surface area contributed by atoms with Gasteiger partial charge in [-0.15, -0.1) is 0 Å². The van der Waals surface area contributed by atoms with Gasteiger partial charge in [0.25, 0.3) is 0 Å². The zero-order valence-corrected chi connectivity index (χ0v) is 20.3. The normalized spacial score (nSPS) is 20.0. The topological polar surface area (TPSA) is 66.8 Å². The molecule has 1 fully saturated rings. The van der Waals surface area contributed by atoms with Crippen LogP contribution in [0.4, 0.5) is 8.78 Å². The molecule has 5 nitrogen and oxygen atoms in total. The quantitative estimate of drug-likeness (QED) is 0.198. The van der Waals surface area contributed by atoms with Crippen LogP contribution in [-0.4, -0.2) is 41.6 Å². The number of nitrogens with zero attached hydrogens (tertiary/aromatic N) is 1. The Bertz CT molecular complexity index is 793. The van der Waals surface area contributed by atoms with E-state index >= 15 is 0 Å². The summed E-state index contributed by atoms with van der Waals surface area (Å²) in [4.78, 5) is 25.5. The van der Waals surface area contributed by atoms with Gasteiger partial charge in [-0.3, -0.25) is 14.5 Å². The Morgan fingerprint density at radius 2 is 1.55 bits per heavy atom. The van der Waals surface area contributed by atoms with Crippen LogP contribution in [0, 0.1) is 17.0 Å². The summed E-state index contributed by atoms with van der Waals surface area (Å²) in [6.45, 7) is 4.08. The average Bonchev–Trinajstić information content (AvgIpc) is 2.74. The van der Waals surface area contributed by atoms with E-state index in [1.807, 2.05) is 0 Å². The monoisotopic (exact) mass is 467 g/mol. The summed E-state index contributed by atoms with van der Waals surface area (Å²) in [6.07, 6.45) is 9.92. The van der Waals surface area contributed by atoms with Crippen molar-refractivity contribution in [3.63, 3.8) is 0 Å². The van der Waals surface area contributed by atoms with Gasteiger partial charge in [0.15, 0.2) is 17.0 Å². The smallest absolute Gasteiger partial charge is 0.323 e. The van der Waals surface area contributed by atoms with Crippen molar-refractivity contribution in [1.82, 2.24) is 4.90 Å². The molecule has 1 N–H and O–H groups in total. The van der Waals surface area contributed by atoms with Crippen molar-refractivity contribution >= 4 is 11.9 Å². The van der Waals surface area contributed by atoms with Gasteiger partial charge in [0, 0.05) is 18.2 Å². The number of aliphatic carboxylic acids is 1. The number of aryl methyl sites for hydroxylation is 1. The van der Waals surface area contributed by atoms with E-state index in [9.17, 15) is 23.5 Å². The molecule has 186 valence electrons. The minimum absolute atomic E-state index is 0.0955. The molecule has 0 radical (unpaired) electrons. The first-order chi connectivity index (χ1) is 15.8. The molecule has 33 heavy (non-hydrogen) atoms. The SMILES string of the molecule is CCCCCCCCCCc1ccc(CN(C)C2CC(C(=O)O)(C(=O)OCC)C2)c(F)c1F. The number of carboxylic acids is 1. The van der Waals surface area contributed by atoms with E-state index in [1.165, 1.54) is 32.1 Å². The third-order valence-corrected chi connectivity index (χ3v) is 6.83. The van der Waals surface area contributed by atoms with E-state index in [4.69, 9.17) is 4.74 Å². The number of ether oxygens (including phenoxy) is 1. The van der Waals surface area contributed by atoms with Crippen molar-refractivity contribution in [3.8, 4) is 0 Å². The van der Waals surface area contributed by atoms with Crippen LogP contribution in [0.3, 0.4) is 0 Å². The Kier molecular flexibility index (Phi) is 10.7. The molecular weight excluding hydrogens is 428 g/mol. The van der Waals surface area contributed by atoms with E-state index in [2.05, 4.69) is 6.92 Å². The predicted octanol–water partition coefficient (Wildman–Crippen LogP) is 5.88. The summed E-state index contributed by atoms with van der Waals surface area (Å²) in [7, 11) is 1.73. The van der Waals surface area contributed by atoms with Crippen LogP contribution in [0.2, 0.25) is 0 Å². The van der Waals surface area contributed by atoms with E-state index in [-0.39, 0.29) is 37.6 Å². The number of carbonyl (C=O) groups is 2. The highest BCUT2D eigenvalue weighted by Gasteiger charge is 2.58. The Balaban J connectivity index is 1.85. The van der Waals surface area contributed by atoms with Crippen LogP contribution >= 0.6 is 0 Å². The van der Waals surface area contributed by atoms with Gasteiger partial charge in [-0.1, -0.05) is 64.0 Å². The summed E-state index contributed by atoms with van der Waals surface area (Å²) in [5, 5.41) is 9.51. The summed E-state index contributed by atoms with van der Waals surface area (Å²) >= 11 is 0. The fourth-order valence-corrected chi connectivity index (χ4v) is 4.55. The molecule has 0 atom stereocenters. The maximum absolute atomic E-state index is 14.7. The van der Waals surface area contributed by atoms with Gasteiger partial charge in [0.2, 0.25) is 0 Å². The van der Waals surface area contributed by atoms with E-state index in [1.54, 1.807) is 31.0 Å². The average molecular weight is 468 g/mol. The van der Waals surface area contributed by atoms with Crippen molar-refractivity contribution in [2.45, 2.75) is 97.1 Å². The zero-order chi connectivity index (χ0) is 24.4. The third kappa shape index (κ3) is 6.98. The van der Waals surface area contributed by atoms with Crippen LogP contribution in [0.25, 0.3) is 0 Å². The predicted molar refractivity (Wildman–Crippen MR) is 124 cm³/mol. The lowest BCUT2D eigenvalue weighted by atomic mass is 9.64. The summed E-state index contributed by atoms with van der Waals surface area (Å²) in [5.74, 6) is -3.56. The van der Waals surface area contributed by atoms with Gasteiger partial charge in [0.1, 0.15) is 0 Å². The van der Waals surface area contributed by atoms with Gasteiger partial charge in [-0.05, 0) is 45.2 Å². The highest BCUT2D eigenvalue weighted by molar-refractivity contribution is 6.00. The molecule has 1 aromatic carbocycles. The van der Waals surface area contributed by atoms with Gasteiger partial charge in [0.05, 0.1) is 6.61 Å². The second kappa shape index (κ2) is 13.0. The summed E-state index contributed by atoms with van der Waals surface area (Å²) < 4.78 is 34.2. The number of esters is 1. The first-order valence-electron chi connectivity index (χ1n) is 12.3. The van der Waals surface area contributed by atoms with Crippen molar-refractivity contribution in [2.24, 2.45) is 5.41 Å². The maximum Gasteiger partial charge on any atom is 0.323 e. The number of hydrogen-bond acceptors (Lipinski definition) is 4. The fraction of sp³-hybridized carbons (Fsp3) is 0.692. The lowest BCUT2D eigenvalue weighted by Gasteiger charge is -2.46. The molecule has 1 saturated carbocycles. The van der Waals surface area contributed by atoms with Crippen LogP contribution in [-0.2, 0) is 27.3 Å². The van der Waals surface area contributed by atoms with Gasteiger partial charge < -0.3 is 9.84 Å². The van der Waals surface area contributed by atoms with Crippen LogP contribution in [0.1, 0.15) is 89.2 Å². The molecular formula is C26H39F2NO4. The highest BCUT2D eigenvalue weighted by Crippen LogP contribution is 2.45. The van der Waals surface area contributed by atoms with Gasteiger partial charge in [-0.2, -0.15) is 0 Å². The lowest BCUT2D eigenvalue weighted by Crippen LogP contribution is -2.57. The second-order valence-electron chi connectivity index (χ2n) is 9.32. The number of unbranched alkanes of at least 4 members (excludes halogenated alkanes) is 7. The van der Waals surface area contributed by atoms with Crippen LogP contribution in [0.15, 0.2) is 12.1 Å². The van der Waals surface area contributed by atoms with E-state index in [0.29, 0.717) is 12.0 Å². The summed E-state index contributed by atoms with van der Waals surface area (Å²) in [6, 6.07) is 3.05. The summed E-state index contributed by atoms with van der Waals surface area (Å²) in [5.41, 5.74) is -0.905. The number of benzene rings is 1. The Morgan fingerprint density at radius 1 is 1.00 bits per heavy atom. The third-order valence-electron chi connectivity index (χ3n) is 6.83. The standard InChI is InChI=1S/C26H39F2NO4/c1-4-6-7-8-9-10-11-12-13-19-14-15-20(23(28)22(19)27)18-29(3)21-16-26(17-21,24(30)31)25(32)33-5-2/h14-15,21H,4-13,16-18H2,1-3H3,(H,30,31). The molecule has 1 aliphatic rings. The molecule has 2 rings (SSSR count). The lowest BCUT2D eigenvalue weighted by molar-refractivity contribution is -0.180. The minimum Gasteiger partial charge on any atom is -0.480 e. The molecule has 0 amide bonds. The Hall–Kier alpha value is -2.02. The van der Waals surface area contributed by atoms with Crippen molar-refractivity contribution in [1.29, 1.82) is 0 Å². The minimum atomic E-state index is -1.54. The maximum atomic E-state index is 14.7. The highest BCUT2D eigenvalue weighted by atomic mass is 19.2. The van der Waals surface area contributed by atoms with Gasteiger partial charge >= 0.3 is 11.9 Å². The number of carboxylic acid groups (broad SMARTS) is 1. The van der Waals surface area contributed by atoms with Crippen LogP contribution in [0.5, 0.6) is 0 Å². The molecule has 0 saturated heterocycles. The molecule has 0 spiro atoms. The second-order valence-corrected chi connectivity index (χ2v) is 9.32. The van der Waals surface area contributed by atoms with E-state index in [0.717, 1.165) is 19.3 Å². The number of halogens is 2. The fourth-order valence-electron chi connectivity index (χ4n) is 4.55. The Labute approximate surface area is 196 Å². The molecule has 1 aliphatic carbocycles. The van der Waals surface area contributed by atoms with Crippen molar-refractivity contribution in [2.75, 3.05) is 13.7 Å². The van der Waals surface area contributed by atoms with Crippen LogP contribution < -0.4 is 0 Å². The molecule has 0 bridgehead atoms. The first-order valence-corrected chi connectivity index (χ1v) is 12.3. The Morgan fingerprint density at radius 3 is 2.12 bits per heavy atom. The largest absolute Gasteiger partial charge is 0.480 e. The molecule has 0 heterocycles. The van der Waals surface area contributed by atoms with E-state index < -0.39 is 29.0 Å².